The van der Waals surface area contributed by atoms with Gasteiger partial charge in [0.05, 0.1) is 17.7 Å². The van der Waals surface area contributed by atoms with Gasteiger partial charge in [0.2, 0.25) is 5.91 Å². The van der Waals surface area contributed by atoms with Gasteiger partial charge in [0, 0.05) is 17.2 Å². The Bertz CT molecular complexity index is 422. The Morgan fingerprint density at radius 1 is 1.59 bits per heavy atom. The monoisotopic (exact) mass is 363 g/mol. The van der Waals surface area contributed by atoms with Crippen LogP contribution in [0.25, 0.3) is 0 Å². The Kier molecular flexibility index (Phi) is 4.49. The molecule has 0 spiro atoms. The maximum atomic E-state index is 11.9. The summed E-state index contributed by atoms with van der Waals surface area (Å²) < 4.78 is 6.81. The van der Waals surface area contributed by atoms with Gasteiger partial charge in [-0.1, -0.05) is 0 Å². The van der Waals surface area contributed by atoms with Crippen LogP contribution in [-0.4, -0.2) is 36.7 Å². The Balaban J connectivity index is 2.02. The van der Waals surface area contributed by atoms with Crippen LogP contribution in [0.5, 0.6) is 0 Å². The number of halogens is 2. The second-order valence-corrected chi connectivity index (χ2v) is 5.32. The molecule has 1 amide bonds. The van der Waals surface area contributed by atoms with E-state index < -0.39 is 0 Å². The van der Waals surface area contributed by atoms with Gasteiger partial charge in [-0.05, 0) is 37.9 Å². The molecular weight excluding hydrogens is 354 g/mol. The molecule has 1 saturated heterocycles. The number of nitrogens with zero attached hydrogens (tertiary/aromatic N) is 1. The van der Waals surface area contributed by atoms with Crippen LogP contribution in [0.2, 0.25) is 0 Å². The topological polar surface area (TPSA) is 63.2 Å². The quantitative estimate of drug-likeness (QED) is 0.835. The van der Waals surface area contributed by atoms with Gasteiger partial charge in [0.15, 0.2) is 0 Å². The largest absolute Gasteiger partial charge is 0.378 e. The van der Waals surface area contributed by atoms with Crippen molar-refractivity contribution >= 4 is 43.6 Å². The van der Waals surface area contributed by atoms with E-state index in [0.717, 1.165) is 8.95 Å². The highest BCUT2D eigenvalue weighted by molar-refractivity contribution is 9.11. The maximum Gasteiger partial charge on any atom is 0.245 e. The van der Waals surface area contributed by atoms with Crippen LogP contribution in [-0.2, 0) is 9.53 Å². The molecule has 2 heterocycles. The number of amides is 1. The first-order valence-electron chi connectivity index (χ1n) is 5.10. The second-order valence-electron chi connectivity index (χ2n) is 3.55. The van der Waals surface area contributed by atoms with Crippen LogP contribution in [0.15, 0.2) is 21.2 Å². The fourth-order valence-electron chi connectivity index (χ4n) is 1.44. The van der Waals surface area contributed by atoms with Gasteiger partial charge >= 0.3 is 0 Å². The second kappa shape index (κ2) is 5.90. The van der Waals surface area contributed by atoms with Crippen LogP contribution < -0.4 is 10.6 Å². The van der Waals surface area contributed by atoms with E-state index in [2.05, 4.69) is 47.5 Å². The van der Waals surface area contributed by atoms with Crippen molar-refractivity contribution in [1.82, 2.24) is 10.3 Å². The molecule has 2 rings (SSSR count). The average molecular weight is 365 g/mol. The number of nitrogens with one attached hydrogen (secondary N) is 2. The van der Waals surface area contributed by atoms with E-state index in [0.29, 0.717) is 25.6 Å². The molecule has 7 heteroatoms. The van der Waals surface area contributed by atoms with Crippen LogP contribution in [0.4, 0.5) is 5.82 Å². The highest BCUT2D eigenvalue weighted by atomic mass is 79.9. The van der Waals surface area contributed by atoms with E-state index in [1.54, 1.807) is 6.20 Å². The van der Waals surface area contributed by atoms with Gasteiger partial charge in [-0.15, -0.1) is 0 Å². The Morgan fingerprint density at radius 2 is 2.41 bits per heavy atom. The van der Waals surface area contributed by atoms with Crippen molar-refractivity contribution in [1.29, 1.82) is 0 Å². The van der Waals surface area contributed by atoms with Gasteiger partial charge in [0.25, 0.3) is 0 Å². The molecule has 0 radical (unpaired) electrons. The number of carbonyl (C=O) groups is 1. The molecule has 1 fully saturated rings. The van der Waals surface area contributed by atoms with Gasteiger partial charge in [-0.25, -0.2) is 4.98 Å². The van der Waals surface area contributed by atoms with Crippen LogP contribution in [0.1, 0.15) is 0 Å². The smallest absolute Gasteiger partial charge is 0.245 e. The molecular formula is C10H11Br2N3O2. The summed E-state index contributed by atoms with van der Waals surface area (Å²) in [5.41, 5.74) is 0. The zero-order valence-corrected chi connectivity index (χ0v) is 12.0. The van der Waals surface area contributed by atoms with Crippen LogP contribution in [0, 0.1) is 0 Å². The first-order valence-corrected chi connectivity index (χ1v) is 6.68. The molecule has 0 aromatic carbocycles. The lowest BCUT2D eigenvalue weighted by Crippen LogP contribution is -2.48. The summed E-state index contributed by atoms with van der Waals surface area (Å²) >= 11 is 6.64. The summed E-state index contributed by atoms with van der Waals surface area (Å²) in [6, 6.07) is 1.51. The standard InChI is InChI=1S/C10H11Br2N3O2/c11-6-3-7(12)9(14-4-6)15-10(16)8-5-17-2-1-13-8/h3-4,8,13H,1-2,5H2,(H,14,15,16). The molecule has 2 N–H and O–H groups in total. The minimum absolute atomic E-state index is 0.139. The van der Waals surface area contributed by atoms with E-state index in [4.69, 9.17) is 4.74 Å². The van der Waals surface area contributed by atoms with E-state index in [-0.39, 0.29) is 11.9 Å². The first-order chi connectivity index (χ1) is 8.16. The summed E-state index contributed by atoms with van der Waals surface area (Å²) in [5, 5.41) is 5.83. The highest BCUT2D eigenvalue weighted by Crippen LogP contribution is 2.23. The maximum absolute atomic E-state index is 11.9. The summed E-state index contributed by atoms with van der Waals surface area (Å²) in [7, 11) is 0. The minimum Gasteiger partial charge on any atom is -0.378 e. The molecule has 1 aliphatic heterocycles. The number of aromatic nitrogens is 1. The van der Waals surface area contributed by atoms with Crippen molar-refractivity contribution in [3.8, 4) is 0 Å². The number of hydrogen-bond donors (Lipinski definition) is 2. The fraction of sp³-hybridized carbons (Fsp3) is 0.400. The van der Waals surface area contributed by atoms with E-state index in [1.807, 2.05) is 6.07 Å². The van der Waals surface area contributed by atoms with E-state index >= 15 is 0 Å². The third kappa shape index (κ3) is 3.48. The van der Waals surface area contributed by atoms with Gasteiger partial charge in [-0.3, -0.25) is 4.79 Å². The van der Waals surface area contributed by atoms with Gasteiger partial charge in [-0.2, -0.15) is 0 Å². The third-order valence-electron chi connectivity index (χ3n) is 2.29. The van der Waals surface area contributed by atoms with E-state index in [1.165, 1.54) is 0 Å². The SMILES string of the molecule is O=C(Nc1ncc(Br)cc1Br)C1COCCN1. The van der Waals surface area contributed by atoms with Crippen LogP contribution >= 0.6 is 31.9 Å². The summed E-state index contributed by atoms with van der Waals surface area (Å²) in [5.74, 6) is 0.366. The number of rotatable bonds is 2. The molecule has 1 unspecified atom stereocenters. The fourth-order valence-corrected chi connectivity index (χ4v) is 2.53. The summed E-state index contributed by atoms with van der Waals surface area (Å²) in [6.45, 7) is 1.72. The normalized spacial score (nSPS) is 20.0. The predicted molar refractivity (Wildman–Crippen MR) is 70.9 cm³/mol. The molecule has 0 bridgehead atoms. The van der Waals surface area contributed by atoms with Crippen molar-refractivity contribution in [3.05, 3.63) is 21.2 Å². The predicted octanol–water partition coefficient (Wildman–Crippen LogP) is 1.53. The number of hydrogen-bond acceptors (Lipinski definition) is 4. The lowest BCUT2D eigenvalue weighted by molar-refractivity contribution is -0.120. The molecule has 5 nitrogen and oxygen atoms in total. The molecule has 1 aromatic heterocycles. The first kappa shape index (κ1) is 12.9. The van der Waals surface area contributed by atoms with Gasteiger partial charge < -0.3 is 15.4 Å². The lowest BCUT2D eigenvalue weighted by atomic mass is 10.2. The van der Waals surface area contributed by atoms with E-state index in [9.17, 15) is 4.79 Å². The zero-order chi connectivity index (χ0) is 12.3. The molecule has 0 saturated carbocycles. The molecule has 1 atom stereocenters. The highest BCUT2D eigenvalue weighted by Gasteiger charge is 2.22. The molecule has 1 aliphatic rings. The van der Waals surface area contributed by atoms with Crippen LogP contribution in [0.3, 0.4) is 0 Å². The van der Waals surface area contributed by atoms with Gasteiger partial charge in [0.1, 0.15) is 11.9 Å². The number of ether oxygens (including phenoxy) is 1. The van der Waals surface area contributed by atoms with Crippen molar-refractivity contribution in [2.24, 2.45) is 0 Å². The number of carbonyl (C=O) groups excluding carboxylic acids is 1. The van der Waals surface area contributed by atoms with Crippen molar-refractivity contribution in [3.63, 3.8) is 0 Å². The lowest BCUT2D eigenvalue weighted by Gasteiger charge is -2.22. The Labute approximate surface area is 116 Å². The number of anilines is 1. The molecule has 0 aliphatic carbocycles. The van der Waals surface area contributed by atoms with Crippen molar-refractivity contribution in [2.45, 2.75) is 6.04 Å². The minimum atomic E-state index is -0.318. The Hall–Kier alpha value is -0.500. The summed E-state index contributed by atoms with van der Waals surface area (Å²) in [4.78, 5) is 16.0. The number of morpholine rings is 1. The summed E-state index contributed by atoms with van der Waals surface area (Å²) in [6.07, 6.45) is 1.63. The Morgan fingerprint density at radius 3 is 3.06 bits per heavy atom. The third-order valence-corrected chi connectivity index (χ3v) is 3.33. The molecule has 17 heavy (non-hydrogen) atoms. The average Bonchev–Trinajstić information content (AvgIpc) is 2.34. The van der Waals surface area contributed by atoms with Crippen molar-refractivity contribution in [2.75, 3.05) is 25.1 Å². The molecule has 92 valence electrons. The molecule has 1 aromatic rings. The van der Waals surface area contributed by atoms with Crippen molar-refractivity contribution < 1.29 is 9.53 Å². The number of pyridine rings is 1. The zero-order valence-electron chi connectivity index (χ0n) is 8.87.